The van der Waals surface area contributed by atoms with Crippen LogP contribution in [0.3, 0.4) is 0 Å². The molecule has 1 N–H and O–H groups in total. The van der Waals surface area contributed by atoms with Crippen LogP contribution in [0.4, 0.5) is 14.5 Å². The zero-order valence-electron chi connectivity index (χ0n) is 10.9. The third kappa shape index (κ3) is 3.22. The Morgan fingerprint density at radius 2 is 2.14 bits per heavy atom. The van der Waals surface area contributed by atoms with E-state index in [9.17, 15) is 23.7 Å². The second-order valence-corrected chi connectivity index (χ2v) is 5.25. The molecule has 0 atom stereocenters. The summed E-state index contributed by atoms with van der Waals surface area (Å²) in [6.45, 7) is 2.00. The van der Waals surface area contributed by atoms with E-state index in [1.54, 1.807) is 0 Å². The van der Waals surface area contributed by atoms with Crippen molar-refractivity contribution in [3.05, 3.63) is 61.3 Å². The summed E-state index contributed by atoms with van der Waals surface area (Å²) in [4.78, 5) is 22.3. The van der Waals surface area contributed by atoms with Crippen LogP contribution in [0.1, 0.15) is 20.8 Å². The maximum absolute atomic E-state index is 13.8. The molecule has 0 aliphatic rings. The zero-order valence-corrected chi connectivity index (χ0v) is 11.7. The van der Waals surface area contributed by atoms with Gasteiger partial charge in [0, 0.05) is 4.88 Å². The molecule has 1 aromatic heterocycles. The molecule has 0 radical (unpaired) electrons. The number of halogens is 2. The molecule has 0 aliphatic carbocycles. The van der Waals surface area contributed by atoms with Crippen molar-refractivity contribution >= 4 is 22.9 Å². The first-order valence-corrected chi connectivity index (χ1v) is 6.72. The summed E-state index contributed by atoms with van der Waals surface area (Å²) in [5.41, 5.74) is -0.783. The Morgan fingerprint density at radius 3 is 2.71 bits per heavy atom. The Kier molecular flexibility index (Phi) is 4.27. The van der Waals surface area contributed by atoms with Gasteiger partial charge in [-0.15, -0.1) is 11.3 Å². The topological polar surface area (TPSA) is 72.2 Å². The SMILES string of the molecule is Cc1ccsc1CNC(=O)c1cc(F)cc([N+](=O)[O-])c1F. The molecule has 1 heterocycles. The van der Waals surface area contributed by atoms with Gasteiger partial charge in [-0.05, 0) is 30.0 Å². The molecule has 0 bridgehead atoms. The smallest absolute Gasteiger partial charge is 0.308 e. The highest BCUT2D eigenvalue weighted by atomic mass is 32.1. The van der Waals surface area contributed by atoms with Crippen molar-refractivity contribution in [2.45, 2.75) is 13.5 Å². The molecule has 0 saturated heterocycles. The molecule has 21 heavy (non-hydrogen) atoms. The summed E-state index contributed by atoms with van der Waals surface area (Å²) < 4.78 is 27.1. The number of aryl methyl sites for hydroxylation is 1. The number of nitrogens with one attached hydrogen (secondary N) is 1. The molecular formula is C13H10F2N2O3S. The van der Waals surface area contributed by atoms with Crippen LogP contribution in [0.25, 0.3) is 0 Å². The van der Waals surface area contributed by atoms with E-state index in [2.05, 4.69) is 5.32 Å². The number of hydrogen-bond acceptors (Lipinski definition) is 4. The number of nitrogens with zero attached hydrogens (tertiary/aromatic N) is 1. The Labute approximate surface area is 122 Å². The number of hydrogen-bond donors (Lipinski definition) is 1. The number of nitro benzene ring substituents is 1. The van der Waals surface area contributed by atoms with Gasteiger partial charge in [0.1, 0.15) is 5.82 Å². The minimum Gasteiger partial charge on any atom is -0.347 e. The normalized spacial score (nSPS) is 10.4. The summed E-state index contributed by atoms with van der Waals surface area (Å²) >= 11 is 1.41. The predicted octanol–water partition coefficient (Wildman–Crippen LogP) is 3.17. The first kappa shape index (κ1) is 15.0. The summed E-state index contributed by atoms with van der Waals surface area (Å²) in [7, 11) is 0. The third-order valence-electron chi connectivity index (χ3n) is 2.84. The molecule has 8 heteroatoms. The lowest BCUT2D eigenvalue weighted by molar-refractivity contribution is -0.387. The van der Waals surface area contributed by atoms with Crippen LogP contribution >= 0.6 is 11.3 Å². The average molecular weight is 312 g/mol. The van der Waals surface area contributed by atoms with Gasteiger partial charge in [0.2, 0.25) is 5.82 Å². The van der Waals surface area contributed by atoms with Gasteiger partial charge in [-0.2, -0.15) is 4.39 Å². The van der Waals surface area contributed by atoms with Crippen LogP contribution in [0, 0.1) is 28.7 Å². The van der Waals surface area contributed by atoms with Crippen molar-refractivity contribution in [2.75, 3.05) is 0 Å². The molecule has 0 fully saturated rings. The molecule has 110 valence electrons. The van der Waals surface area contributed by atoms with Gasteiger partial charge in [0.05, 0.1) is 23.1 Å². The average Bonchev–Trinajstić information content (AvgIpc) is 2.83. The maximum Gasteiger partial charge on any atom is 0.308 e. The molecule has 0 spiro atoms. The fourth-order valence-corrected chi connectivity index (χ4v) is 2.56. The van der Waals surface area contributed by atoms with Gasteiger partial charge in [-0.1, -0.05) is 0 Å². The first-order valence-electron chi connectivity index (χ1n) is 5.84. The van der Waals surface area contributed by atoms with E-state index in [-0.39, 0.29) is 6.54 Å². The number of nitro groups is 1. The lowest BCUT2D eigenvalue weighted by Gasteiger charge is -2.06. The first-order chi connectivity index (χ1) is 9.90. The number of amides is 1. The van der Waals surface area contributed by atoms with E-state index < -0.39 is 33.7 Å². The van der Waals surface area contributed by atoms with Gasteiger partial charge in [-0.3, -0.25) is 14.9 Å². The number of benzene rings is 1. The maximum atomic E-state index is 13.8. The number of thiophene rings is 1. The van der Waals surface area contributed by atoms with Gasteiger partial charge in [0.15, 0.2) is 0 Å². The third-order valence-corrected chi connectivity index (χ3v) is 3.86. The second-order valence-electron chi connectivity index (χ2n) is 4.25. The summed E-state index contributed by atoms with van der Waals surface area (Å²) in [6.07, 6.45) is 0. The molecule has 5 nitrogen and oxygen atoms in total. The van der Waals surface area contributed by atoms with Gasteiger partial charge >= 0.3 is 5.69 Å². The minimum absolute atomic E-state index is 0.145. The second kappa shape index (κ2) is 5.96. The van der Waals surface area contributed by atoms with Crippen molar-refractivity contribution in [3.8, 4) is 0 Å². The van der Waals surface area contributed by atoms with Crippen molar-refractivity contribution in [3.63, 3.8) is 0 Å². The molecular weight excluding hydrogens is 302 g/mol. The zero-order chi connectivity index (χ0) is 15.6. The monoisotopic (exact) mass is 312 g/mol. The van der Waals surface area contributed by atoms with Crippen LogP contribution < -0.4 is 5.32 Å². The Hall–Kier alpha value is -2.35. The lowest BCUT2D eigenvalue weighted by atomic mass is 10.1. The van der Waals surface area contributed by atoms with Crippen molar-refractivity contribution in [1.29, 1.82) is 0 Å². The van der Waals surface area contributed by atoms with Gasteiger partial charge < -0.3 is 5.32 Å². The highest BCUT2D eigenvalue weighted by Gasteiger charge is 2.24. The Bertz CT molecular complexity index is 715. The highest BCUT2D eigenvalue weighted by Crippen LogP contribution is 2.22. The predicted molar refractivity (Wildman–Crippen MR) is 73.2 cm³/mol. The van der Waals surface area contributed by atoms with Crippen LogP contribution in [0.5, 0.6) is 0 Å². The largest absolute Gasteiger partial charge is 0.347 e. The summed E-state index contributed by atoms with van der Waals surface area (Å²) in [6, 6.07) is 2.94. The Balaban J connectivity index is 2.23. The van der Waals surface area contributed by atoms with Crippen LogP contribution in [0.2, 0.25) is 0 Å². The number of carbonyl (C=O) groups excluding carboxylic acids is 1. The lowest BCUT2D eigenvalue weighted by Crippen LogP contribution is -2.24. The highest BCUT2D eigenvalue weighted by molar-refractivity contribution is 7.10. The summed E-state index contributed by atoms with van der Waals surface area (Å²) in [5, 5.41) is 14.9. The van der Waals surface area contributed by atoms with Crippen LogP contribution in [-0.2, 0) is 6.54 Å². The van der Waals surface area contributed by atoms with E-state index in [1.165, 1.54) is 11.3 Å². The van der Waals surface area contributed by atoms with E-state index >= 15 is 0 Å². The molecule has 0 unspecified atom stereocenters. The molecule has 2 rings (SSSR count). The molecule has 0 saturated carbocycles. The van der Waals surface area contributed by atoms with Crippen molar-refractivity contribution < 1.29 is 18.5 Å². The number of carbonyl (C=O) groups is 1. The molecule has 1 amide bonds. The van der Waals surface area contributed by atoms with E-state index in [0.717, 1.165) is 10.4 Å². The summed E-state index contributed by atoms with van der Waals surface area (Å²) in [5.74, 6) is -3.29. The van der Waals surface area contributed by atoms with E-state index in [1.807, 2.05) is 18.4 Å². The van der Waals surface area contributed by atoms with Crippen LogP contribution in [-0.4, -0.2) is 10.8 Å². The van der Waals surface area contributed by atoms with E-state index in [0.29, 0.717) is 12.1 Å². The molecule has 0 aliphatic heterocycles. The van der Waals surface area contributed by atoms with Crippen molar-refractivity contribution in [2.24, 2.45) is 0 Å². The van der Waals surface area contributed by atoms with Crippen molar-refractivity contribution in [1.82, 2.24) is 5.32 Å². The van der Waals surface area contributed by atoms with E-state index in [4.69, 9.17) is 0 Å². The fourth-order valence-electron chi connectivity index (χ4n) is 1.71. The molecule has 1 aromatic carbocycles. The van der Waals surface area contributed by atoms with Crippen LogP contribution in [0.15, 0.2) is 23.6 Å². The number of rotatable bonds is 4. The fraction of sp³-hybridized carbons (Fsp3) is 0.154. The van der Waals surface area contributed by atoms with Gasteiger partial charge in [-0.25, -0.2) is 4.39 Å². The minimum atomic E-state index is -1.35. The quantitative estimate of drug-likeness (QED) is 0.696. The van der Waals surface area contributed by atoms with Gasteiger partial charge in [0.25, 0.3) is 5.91 Å². The standard InChI is InChI=1S/C13H10F2N2O3S/c1-7-2-3-21-11(7)6-16-13(18)9-4-8(14)5-10(12(9)15)17(19)20/h2-5H,6H2,1H3,(H,16,18). The molecule has 2 aromatic rings. The Morgan fingerprint density at radius 1 is 1.43 bits per heavy atom.